The highest BCUT2D eigenvalue weighted by atomic mass is 15.1. The minimum atomic E-state index is -0.0203. The Bertz CT molecular complexity index is 203. The van der Waals surface area contributed by atoms with Crippen LogP contribution in [0.3, 0.4) is 0 Å². The third-order valence-electron chi connectivity index (χ3n) is 1.29. The molecule has 3 nitrogen and oxygen atoms in total. The second-order valence-corrected chi connectivity index (χ2v) is 2.39. The van der Waals surface area contributed by atoms with Gasteiger partial charge in [0, 0.05) is 6.04 Å². The highest BCUT2D eigenvalue weighted by molar-refractivity contribution is 5.07. The van der Waals surface area contributed by atoms with Gasteiger partial charge in [0.1, 0.15) is 0 Å². The van der Waals surface area contributed by atoms with Crippen molar-refractivity contribution in [2.24, 2.45) is 5.73 Å². The molecule has 1 aromatic heterocycles. The molecule has 0 fully saturated rings. The fraction of sp³-hybridized carbons (Fsp3) is 0.429. The van der Waals surface area contributed by atoms with Gasteiger partial charge in [-0.05, 0) is 26.0 Å². The summed E-state index contributed by atoms with van der Waals surface area (Å²) < 4.78 is 0. The van der Waals surface area contributed by atoms with Gasteiger partial charge in [-0.2, -0.15) is 10.2 Å². The van der Waals surface area contributed by atoms with Crippen molar-refractivity contribution in [2.75, 3.05) is 0 Å². The summed E-state index contributed by atoms with van der Waals surface area (Å²) in [5, 5.41) is 7.77. The second-order valence-electron chi connectivity index (χ2n) is 2.39. The highest BCUT2D eigenvalue weighted by Gasteiger charge is 1.98. The maximum Gasteiger partial charge on any atom is 0.0795 e. The molecule has 0 aliphatic rings. The van der Waals surface area contributed by atoms with E-state index in [0.717, 1.165) is 11.4 Å². The number of hydrogen-bond donors (Lipinski definition) is 1. The predicted molar refractivity (Wildman–Crippen MR) is 39.4 cm³/mol. The Morgan fingerprint density at radius 2 is 2.10 bits per heavy atom. The molecule has 0 saturated heterocycles. The number of rotatable bonds is 1. The Hall–Kier alpha value is -0.960. The first-order chi connectivity index (χ1) is 4.70. The van der Waals surface area contributed by atoms with Crippen LogP contribution in [-0.4, -0.2) is 10.2 Å². The van der Waals surface area contributed by atoms with E-state index in [2.05, 4.69) is 10.2 Å². The smallest absolute Gasteiger partial charge is 0.0795 e. The topological polar surface area (TPSA) is 51.8 Å². The zero-order valence-corrected chi connectivity index (χ0v) is 6.20. The van der Waals surface area contributed by atoms with Gasteiger partial charge in [-0.3, -0.25) is 0 Å². The highest BCUT2D eigenvalue weighted by Crippen LogP contribution is 2.03. The van der Waals surface area contributed by atoms with E-state index < -0.39 is 0 Å². The van der Waals surface area contributed by atoms with Crippen LogP contribution < -0.4 is 5.73 Å². The summed E-state index contributed by atoms with van der Waals surface area (Å²) in [6.45, 7) is 3.79. The third-order valence-corrected chi connectivity index (χ3v) is 1.29. The first-order valence-corrected chi connectivity index (χ1v) is 3.26. The molecule has 1 rings (SSSR count). The van der Waals surface area contributed by atoms with Crippen molar-refractivity contribution in [3.8, 4) is 0 Å². The molecule has 0 spiro atoms. The number of nitrogens with two attached hydrogens (primary N) is 1. The average molecular weight is 137 g/mol. The Kier molecular flexibility index (Phi) is 1.97. The normalized spacial score (nSPS) is 13.1. The van der Waals surface area contributed by atoms with Crippen LogP contribution in [0.4, 0.5) is 0 Å². The van der Waals surface area contributed by atoms with Crippen LogP contribution in [0.15, 0.2) is 12.1 Å². The summed E-state index contributed by atoms with van der Waals surface area (Å²) in [6.07, 6.45) is 0. The molecule has 0 bridgehead atoms. The van der Waals surface area contributed by atoms with Gasteiger partial charge in [0.2, 0.25) is 0 Å². The predicted octanol–water partition coefficient (Wildman–Crippen LogP) is 0.805. The molecule has 1 atom stereocenters. The Morgan fingerprint density at radius 3 is 2.50 bits per heavy atom. The van der Waals surface area contributed by atoms with Crippen LogP contribution in [0, 0.1) is 6.92 Å². The maximum absolute atomic E-state index is 5.56. The van der Waals surface area contributed by atoms with E-state index in [1.165, 1.54) is 0 Å². The summed E-state index contributed by atoms with van der Waals surface area (Å²) >= 11 is 0. The minimum Gasteiger partial charge on any atom is -0.323 e. The van der Waals surface area contributed by atoms with Crippen molar-refractivity contribution in [1.29, 1.82) is 0 Å². The lowest BCUT2D eigenvalue weighted by molar-refractivity contribution is 0.746. The van der Waals surface area contributed by atoms with Crippen molar-refractivity contribution in [2.45, 2.75) is 19.9 Å². The van der Waals surface area contributed by atoms with E-state index in [-0.39, 0.29) is 6.04 Å². The molecule has 54 valence electrons. The standard InChI is InChI=1S/C7H11N3/c1-5-3-4-7(6(2)8)10-9-5/h3-4,6H,8H2,1-2H3/t6-/m1/s1. The van der Waals surface area contributed by atoms with Crippen molar-refractivity contribution in [3.63, 3.8) is 0 Å². The fourth-order valence-corrected chi connectivity index (χ4v) is 0.652. The number of aryl methyl sites for hydroxylation is 1. The molecular formula is C7H11N3. The quantitative estimate of drug-likeness (QED) is 0.623. The molecule has 0 aliphatic carbocycles. The zero-order valence-electron chi connectivity index (χ0n) is 6.20. The van der Waals surface area contributed by atoms with Gasteiger partial charge in [-0.15, -0.1) is 0 Å². The maximum atomic E-state index is 5.56. The minimum absolute atomic E-state index is 0.0203. The van der Waals surface area contributed by atoms with Crippen LogP contribution in [0.1, 0.15) is 24.4 Å². The Balaban J connectivity index is 2.89. The van der Waals surface area contributed by atoms with Crippen LogP contribution in [0.25, 0.3) is 0 Å². The Morgan fingerprint density at radius 1 is 1.40 bits per heavy atom. The molecule has 10 heavy (non-hydrogen) atoms. The van der Waals surface area contributed by atoms with Crippen LogP contribution >= 0.6 is 0 Å². The zero-order chi connectivity index (χ0) is 7.56. The van der Waals surface area contributed by atoms with E-state index in [9.17, 15) is 0 Å². The fourth-order valence-electron chi connectivity index (χ4n) is 0.652. The van der Waals surface area contributed by atoms with Crippen molar-refractivity contribution in [1.82, 2.24) is 10.2 Å². The molecule has 1 heterocycles. The van der Waals surface area contributed by atoms with Gasteiger partial charge in [0.25, 0.3) is 0 Å². The van der Waals surface area contributed by atoms with Crippen LogP contribution in [-0.2, 0) is 0 Å². The molecule has 0 saturated carbocycles. The van der Waals surface area contributed by atoms with Crippen molar-refractivity contribution >= 4 is 0 Å². The van der Waals surface area contributed by atoms with E-state index in [0.29, 0.717) is 0 Å². The number of hydrogen-bond acceptors (Lipinski definition) is 3. The summed E-state index contributed by atoms with van der Waals surface area (Å²) in [5.74, 6) is 0. The van der Waals surface area contributed by atoms with Gasteiger partial charge in [-0.25, -0.2) is 0 Å². The lowest BCUT2D eigenvalue weighted by atomic mass is 10.2. The summed E-state index contributed by atoms with van der Waals surface area (Å²) in [5.41, 5.74) is 7.32. The molecule has 0 amide bonds. The number of nitrogens with zero attached hydrogens (tertiary/aromatic N) is 2. The molecule has 0 unspecified atom stereocenters. The SMILES string of the molecule is Cc1ccc([C@@H](C)N)nn1. The monoisotopic (exact) mass is 137 g/mol. The second kappa shape index (κ2) is 2.75. The van der Waals surface area contributed by atoms with E-state index >= 15 is 0 Å². The number of aromatic nitrogens is 2. The van der Waals surface area contributed by atoms with Gasteiger partial charge >= 0.3 is 0 Å². The van der Waals surface area contributed by atoms with Gasteiger partial charge in [0.15, 0.2) is 0 Å². The largest absolute Gasteiger partial charge is 0.323 e. The van der Waals surface area contributed by atoms with Crippen LogP contribution in [0.2, 0.25) is 0 Å². The lowest BCUT2D eigenvalue weighted by Crippen LogP contribution is -2.08. The van der Waals surface area contributed by atoms with Crippen LogP contribution in [0.5, 0.6) is 0 Å². The summed E-state index contributed by atoms with van der Waals surface area (Å²) in [7, 11) is 0. The summed E-state index contributed by atoms with van der Waals surface area (Å²) in [6, 6.07) is 3.78. The lowest BCUT2D eigenvalue weighted by Gasteiger charge is -2.01. The van der Waals surface area contributed by atoms with Crippen molar-refractivity contribution < 1.29 is 0 Å². The molecule has 1 aromatic rings. The molecule has 2 N–H and O–H groups in total. The van der Waals surface area contributed by atoms with E-state index in [1.807, 2.05) is 26.0 Å². The van der Waals surface area contributed by atoms with Gasteiger partial charge in [0.05, 0.1) is 11.4 Å². The van der Waals surface area contributed by atoms with E-state index in [4.69, 9.17) is 5.73 Å². The molecule has 0 aliphatic heterocycles. The first kappa shape index (κ1) is 7.15. The molecule has 3 heteroatoms. The average Bonchev–Trinajstić information content (AvgIpc) is 1.88. The Labute approximate surface area is 60.3 Å². The molecule has 0 aromatic carbocycles. The molecule has 0 radical (unpaired) electrons. The molecular weight excluding hydrogens is 126 g/mol. The third kappa shape index (κ3) is 1.51. The van der Waals surface area contributed by atoms with E-state index in [1.54, 1.807) is 0 Å². The summed E-state index contributed by atoms with van der Waals surface area (Å²) in [4.78, 5) is 0. The van der Waals surface area contributed by atoms with Gasteiger partial charge in [-0.1, -0.05) is 0 Å². The van der Waals surface area contributed by atoms with Crippen molar-refractivity contribution in [3.05, 3.63) is 23.5 Å². The first-order valence-electron chi connectivity index (χ1n) is 3.26. The van der Waals surface area contributed by atoms with Gasteiger partial charge < -0.3 is 5.73 Å².